The fourth-order valence-corrected chi connectivity index (χ4v) is 5.48. The summed E-state index contributed by atoms with van der Waals surface area (Å²) < 4.78 is 10.9. The number of nitrogens with two attached hydrogens (primary N) is 1. The summed E-state index contributed by atoms with van der Waals surface area (Å²) in [5, 5.41) is 3.29. The Kier molecular flexibility index (Phi) is 8.85. The van der Waals surface area contributed by atoms with E-state index in [1.807, 2.05) is 61.2 Å². The van der Waals surface area contributed by atoms with Crippen LogP contribution in [-0.4, -0.2) is 44.1 Å². The number of carbonyl (C=O) groups excluding carboxylic acids is 3. The fourth-order valence-electron chi connectivity index (χ4n) is 5.48. The SMILES string of the molecule is CCOC(=O)C(=CN)C1=C(Nc2ccc3c(c2)CCO3)C(=O)N(c2ccc(N(CCC3CC3)C(=O)C(C)C)cc2)CC1. The van der Waals surface area contributed by atoms with Crippen LogP contribution in [0, 0.1) is 11.8 Å². The summed E-state index contributed by atoms with van der Waals surface area (Å²) >= 11 is 0. The molecule has 5 rings (SSSR count). The minimum Gasteiger partial charge on any atom is -0.493 e. The largest absolute Gasteiger partial charge is 0.493 e. The van der Waals surface area contributed by atoms with E-state index in [0.29, 0.717) is 43.3 Å². The van der Waals surface area contributed by atoms with E-state index in [0.717, 1.165) is 35.5 Å². The molecule has 9 heteroatoms. The molecule has 2 heterocycles. The Morgan fingerprint density at radius 1 is 1.17 bits per heavy atom. The molecular weight excluding hydrogens is 532 g/mol. The van der Waals surface area contributed by atoms with Gasteiger partial charge in [-0.3, -0.25) is 9.59 Å². The lowest BCUT2D eigenvalue weighted by Gasteiger charge is -2.32. The van der Waals surface area contributed by atoms with Crippen LogP contribution in [0.4, 0.5) is 17.1 Å². The number of nitrogens with one attached hydrogen (secondary N) is 1. The van der Waals surface area contributed by atoms with Gasteiger partial charge in [-0.15, -0.1) is 0 Å². The highest BCUT2D eigenvalue weighted by Gasteiger charge is 2.33. The standard InChI is InChI=1S/C33H40N4O5/c1-4-41-33(40)28(20-34)27-14-17-37(32(39)30(27)35-24-7-12-29-23(19-24)15-18-42-29)26-10-8-25(9-11-26)36(31(38)21(2)3)16-13-22-5-6-22/h7-12,19-22,35H,4-6,13-18,34H2,1-3H3. The molecule has 1 fully saturated rings. The second-order valence-electron chi connectivity index (χ2n) is 11.3. The lowest BCUT2D eigenvalue weighted by atomic mass is 9.96. The van der Waals surface area contributed by atoms with Crippen molar-refractivity contribution in [2.24, 2.45) is 17.6 Å². The molecule has 2 aromatic rings. The fraction of sp³-hybridized carbons (Fsp3) is 0.424. The molecule has 0 bridgehead atoms. The summed E-state index contributed by atoms with van der Waals surface area (Å²) in [6.07, 6.45) is 5.87. The molecule has 0 atom stereocenters. The summed E-state index contributed by atoms with van der Waals surface area (Å²) in [5.74, 6) is 0.681. The highest BCUT2D eigenvalue weighted by Crippen LogP contribution is 2.35. The maximum atomic E-state index is 14.1. The summed E-state index contributed by atoms with van der Waals surface area (Å²) in [6.45, 7) is 7.42. The average molecular weight is 573 g/mol. The van der Waals surface area contributed by atoms with Crippen LogP contribution in [0.1, 0.15) is 52.0 Å². The van der Waals surface area contributed by atoms with E-state index < -0.39 is 5.97 Å². The highest BCUT2D eigenvalue weighted by atomic mass is 16.5. The highest BCUT2D eigenvalue weighted by molar-refractivity contribution is 6.11. The molecule has 222 valence electrons. The molecule has 2 amide bonds. The number of rotatable bonds is 11. The van der Waals surface area contributed by atoms with Crippen LogP contribution in [0.2, 0.25) is 0 Å². The number of nitrogens with zero attached hydrogens (tertiary/aromatic N) is 2. The van der Waals surface area contributed by atoms with Crippen molar-refractivity contribution in [3.63, 3.8) is 0 Å². The second kappa shape index (κ2) is 12.7. The molecule has 42 heavy (non-hydrogen) atoms. The van der Waals surface area contributed by atoms with Gasteiger partial charge in [0.15, 0.2) is 0 Å². The molecule has 3 N–H and O–H groups in total. The Balaban J connectivity index is 1.44. The molecule has 1 aliphatic carbocycles. The quantitative estimate of drug-likeness (QED) is 0.290. The Bertz CT molecular complexity index is 1410. The van der Waals surface area contributed by atoms with Crippen molar-refractivity contribution < 1.29 is 23.9 Å². The Morgan fingerprint density at radius 3 is 2.60 bits per heavy atom. The molecule has 0 aromatic heterocycles. The maximum absolute atomic E-state index is 14.1. The van der Waals surface area contributed by atoms with Crippen LogP contribution in [0.3, 0.4) is 0 Å². The van der Waals surface area contributed by atoms with Gasteiger partial charge in [0.25, 0.3) is 5.91 Å². The first-order chi connectivity index (χ1) is 20.3. The van der Waals surface area contributed by atoms with E-state index in [-0.39, 0.29) is 35.6 Å². The first kappa shape index (κ1) is 29.2. The number of benzene rings is 2. The lowest BCUT2D eigenvalue weighted by Crippen LogP contribution is -2.40. The predicted molar refractivity (Wildman–Crippen MR) is 163 cm³/mol. The molecule has 3 aliphatic rings. The zero-order valence-electron chi connectivity index (χ0n) is 24.7. The smallest absolute Gasteiger partial charge is 0.339 e. The Hall–Kier alpha value is -4.27. The van der Waals surface area contributed by atoms with Gasteiger partial charge in [0.2, 0.25) is 5.91 Å². The van der Waals surface area contributed by atoms with Crippen LogP contribution in [-0.2, 0) is 25.5 Å². The van der Waals surface area contributed by atoms with E-state index in [1.54, 1.807) is 11.8 Å². The van der Waals surface area contributed by atoms with Gasteiger partial charge in [-0.05, 0) is 79.3 Å². The number of hydrogen-bond donors (Lipinski definition) is 2. The molecule has 0 radical (unpaired) electrons. The van der Waals surface area contributed by atoms with Crippen molar-refractivity contribution >= 4 is 34.8 Å². The van der Waals surface area contributed by atoms with E-state index in [2.05, 4.69) is 5.32 Å². The van der Waals surface area contributed by atoms with Gasteiger partial charge in [-0.1, -0.05) is 26.7 Å². The molecule has 2 aromatic carbocycles. The normalized spacial score (nSPS) is 16.8. The first-order valence-corrected chi connectivity index (χ1v) is 14.9. The van der Waals surface area contributed by atoms with Gasteiger partial charge in [0.05, 0.1) is 18.8 Å². The van der Waals surface area contributed by atoms with Crippen molar-refractivity contribution in [2.45, 2.75) is 52.9 Å². The second-order valence-corrected chi connectivity index (χ2v) is 11.3. The molecule has 1 saturated carbocycles. The number of hydrogen-bond acceptors (Lipinski definition) is 7. The number of ether oxygens (including phenoxy) is 2. The molecular formula is C33H40N4O5. The van der Waals surface area contributed by atoms with E-state index in [1.165, 1.54) is 19.0 Å². The third-order valence-corrected chi connectivity index (χ3v) is 7.98. The number of esters is 1. The molecule has 0 spiro atoms. The first-order valence-electron chi connectivity index (χ1n) is 14.9. The summed E-state index contributed by atoms with van der Waals surface area (Å²) in [7, 11) is 0. The molecule has 0 unspecified atom stereocenters. The van der Waals surface area contributed by atoms with Crippen molar-refractivity contribution in [1.29, 1.82) is 0 Å². The van der Waals surface area contributed by atoms with Crippen LogP contribution in [0.5, 0.6) is 5.75 Å². The van der Waals surface area contributed by atoms with Crippen molar-refractivity contribution in [3.05, 3.63) is 71.1 Å². The molecule has 0 saturated heterocycles. The van der Waals surface area contributed by atoms with Gasteiger partial charge in [0.1, 0.15) is 11.4 Å². The van der Waals surface area contributed by atoms with Gasteiger partial charge < -0.3 is 30.3 Å². The Labute approximate surface area is 247 Å². The van der Waals surface area contributed by atoms with Gasteiger partial charge in [-0.25, -0.2) is 4.79 Å². The zero-order valence-corrected chi connectivity index (χ0v) is 24.7. The average Bonchev–Trinajstić information content (AvgIpc) is 3.70. The van der Waals surface area contributed by atoms with Crippen molar-refractivity contribution in [2.75, 3.05) is 41.4 Å². The summed E-state index contributed by atoms with van der Waals surface area (Å²) in [6, 6.07) is 13.3. The maximum Gasteiger partial charge on any atom is 0.339 e. The monoisotopic (exact) mass is 572 g/mol. The van der Waals surface area contributed by atoms with Gasteiger partial charge >= 0.3 is 5.97 Å². The lowest BCUT2D eigenvalue weighted by molar-refractivity contribution is -0.138. The number of fused-ring (bicyclic) bond motifs is 1. The third-order valence-electron chi connectivity index (χ3n) is 7.98. The predicted octanol–water partition coefficient (Wildman–Crippen LogP) is 4.92. The van der Waals surface area contributed by atoms with Crippen LogP contribution in [0.15, 0.2) is 65.5 Å². The van der Waals surface area contributed by atoms with Crippen LogP contribution >= 0.6 is 0 Å². The topological polar surface area (TPSA) is 114 Å². The van der Waals surface area contributed by atoms with E-state index >= 15 is 0 Å². The van der Waals surface area contributed by atoms with Crippen LogP contribution in [0.25, 0.3) is 0 Å². The van der Waals surface area contributed by atoms with E-state index in [4.69, 9.17) is 15.2 Å². The molecule has 2 aliphatic heterocycles. The van der Waals surface area contributed by atoms with Gasteiger partial charge in [0, 0.05) is 48.7 Å². The minimum atomic E-state index is -0.566. The zero-order chi connectivity index (χ0) is 29.8. The van der Waals surface area contributed by atoms with Crippen LogP contribution < -0.4 is 25.6 Å². The number of anilines is 3. The summed E-state index contributed by atoms with van der Waals surface area (Å²) in [4.78, 5) is 43.4. The van der Waals surface area contributed by atoms with Crippen molar-refractivity contribution in [3.8, 4) is 5.75 Å². The minimum absolute atomic E-state index is 0.0938. The van der Waals surface area contributed by atoms with Crippen molar-refractivity contribution in [1.82, 2.24) is 0 Å². The Morgan fingerprint density at radius 2 is 1.93 bits per heavy atom. The summed E-state index contributed by atoms with van der Waals surface area (Å²) in [5.41, 5.74) is 10.2. The molecule has 9 nitrogen and oxygen atoms in total. The van der Waals surface area contributed by atoms with E-state index in [9.17, 15) is 14.4 Å². The number of carbonyl (C=O) groups is 3. The number of amides is 2. The van der Waals surface area contributed by atoms with Gasteiger partial charge in [-0.2, -0.15) is 0 Å². The third kappa shape index (κ3) is 6.30.